The van der Waals surface area contributed by atoms with Crippen molar-refractivity contribution in [3.05, 3.63) is 99.9 Å². The van der Waals surface area contributed by atoms with Crippen molar-refractivity contribution in [2.24, 2.45) is 7.05 Å². The second-order valence-corrected chi connectivity index (χ2v) is 32.6. The average Bonchev–Trinajstić information content (AvgIpc) is 1.57. The predicted octanol–water partition coefficient (Wildman–Crippen LogP) is 15.5. The summed E-state index contributed by atoms with van der Waals surface area (Å²) in [7, 11) is 1.94. The van der Waals surface area contributed by atoms with Crippen LogP contribution < -0.4 is 10.6 Å². The largest absolute Gasteiger partial charge is 0.460 e. The Balaban J connectivity index is 1.56. The molecule has 2 aliphatic rings. The molecule has 2 aliphatic heterocycles. The number of aryl methyl sites for hydroxylation is 3. The van der Waals surface area contributed by atoms with Gasteiger partial charge in [0, 0.05) is 113 Å². The van der Waals surface area contributed by atoms with Gasteiger partial charge in [-0.05, 0) is 248 Å². The number of H-pyrrole nitrogens is 2. The maximum atomic E-state index is 16.1. The summed E-state index contributed by atoms with van der Waals surface area (Å²) in [6, 6.07) is 12.5. The van der Waals surface area contributed by atoms with Crippen LogP contribution in [0.1, 0.15) is 270 Å². The summed E-state index contributed by atoms with van der Waals surface area (Å²) in [6.45, 7) is 35.2. The molecule has 1 aromatic carbocycles. The molecule has 2 amide bonds. The van der Waals surface area contributed by atoms with E-state index in [9.17, 15) is 28.8 Å². The van der Waals surface area contributed by atoms with Crippen molar-refractivity contribution in [2.75, 3.05) is 0 Å². The zero-order valence-corrected chi connectivity index (χ0v) is 63.9. The van der Waals surface area contributed by atoms with Gasteiger partial charge >= 0.3 is 35.8 Å². The number of carbonyl (C=O) groups excluding carboxylic acids is 8. The number of rotatable bonds is 26. The Morgan fingerprint density at radius 1 is 0.402 bits per heavy atom. The van der Waals surface area contributed by atoms with E-state index in [1.165, 1.54) is 6.07 Å². The summed E-state index contributed by atoms with van der Waals surface area (Å²) >= 11 is 0. The smallest absolute Gasteiger partial charge is 0.306 e. The molecule has 6 heterocycles. The molecule has 0 atom stereocenters. The van der Waals surface area contributed by atoms with Crippen LogP contribution in [0.2, 0.25) is 0 Å². The molecule has 22 nitrogen and oxygen atoms in total. The van der Waals surface area contributed by atoms with Crippen LogP contribution in [0.3, 0.4) is 0 Å². The quantitative estimate of drug-likeness (QED) is 0.0289. The number of nitrogens with one attached hydrogen (secondary N) is 4. The highest BCUT2D eigenvalue weighted by molar-refractivity contribution is 6.04. The summed E-state index contributed by atoms with van der Waals surface area (Å²) in [6.07, 6.45) is 10.2. The standard InChI is InChI=1S/C80H108N8O14/c1-22-52-54-24-28-58(82-54)68(59-29-25-55(83-59)53(23-2)57-27-31-61(85-57)69(60-30-26-56(52)84-60)70-81-44-45-88(70)21)49-46-50(71(95)86-79(38-32-62(89)97-73(3,4)5,39-33-63(90)98-74(6,7)8)40-34-64(91)99-75(9,10)11)48-51(47-49)72(96)87-80(41-35-65(92)100-76(12,13)14,42-36-66(93)101-77(15,16)17)43-37-67(94)102-78(18,19)20/h24-31,44-48,82,85H,22-23,32-43H2,1-21H3,(H,86,95)(H,87,96). The second kappa shape index (κ2) is 32.0. The van der Waals surface area contributed by atoms with E-state index in [2.05, 4.69) is 20.6 Å². The Morgan fingerprint density at radius 2 is 0.686 bits per heavy atom. The van der Waals surface area contributed by atoms with Crippen molar-refractivity contribution in [1.29, 1.82) is 0 Å². The predicted molar refractivity (Wildman–Crippen MR) is 396 cm³/mol. The highest BCUT2D eigenvalue weighted by atomic mass is 16.6. The molecule has 5 aromatic rings. The molecule has 0 fully saturated rings. The molecule has 0 saturated heterocycles. The second-order valence-electron chi connectivity index (χ2n) is 32.6. The zero-order valence-electron chi connectivity index (χ0n) is 63.9. The molecule has 0 unspecified atom stereocenters. The van der Waals surface area contributed by atoms with Gasteiger partial charge in [-0.3, -0.25) is 38.4 Å². The van der Waals surface area contributed by atoms with Gasteiger partial charge in [0.25, 0.3) is 11.8 Å². The molecule has 4 N–H and O–H groups in total. The number of fused-ring (bicyclic) bond motifs is 8. The average molecular weight is 1410 g/mol. The number of hydrogen-bond donors (Lipinski definition) is 4. The number of amides is 2. The fourth-order valence-corrected chi connectivity index (χ4v) is 12.4. The van der Waals surface area contributed by atoms with Crippen LogP contribution in [-0.4, -0.2) is 122 Å². The molecule has 0 saturated carbocycles. The van der Waals surface area contributed by atoms with Gasteiger partial charge < -0.3 is 53.6 Å². The number of hydrogen-bond acceptors (Lipinski definition) is 17. The lowest BCUT2D eigenvalue weighted by Gasteiger charge is -2.36. The summed E-state index contributed by atoms with van der Waals surface area (Å²) < 4.78 is 36.8. The van der Waals surface area contributed by atoms with Crippen LogP contribution in [0.5, 0.6) is 0 Å². The molecule has 0 radical (unpaired) electrons. The first-order chi connectivity index (χ1) is 47.2. The molecule has 0 spiro atoms. The van der Waals surface area contributed by atoms with Crippen molar-refractivity contribution in [2.45, 2.75) is 273 Å². The molecular weight excluding hydrogens is 1300 g/mol. The number of esters is 6. The highest BCUT2D eigenvalue weighted by Gasteiger charge is 2.39. The number of aromatic nitrogens is 6. The molecule has 552 valence electrons. The number of nitrogens with zero attached hydrogens (tertiary/aromatic N) is 4. The zero-order chi connectivity index (χ0) is 75.7. The Kier molecular flexibility index (Phi) is 25.1. The maximum absolute atomic E-state index is 16.1. The van der Waals surface area contributed by atoms with Crippen LogP contribution in [0.25, 0.3) is 68.9 Å². The molecule has 0 aliphatic carbocycles. The first-order valence-corrected chi connectivity index (χ1v) is 35.5. The van der Waals surface area contributed by atoms with Crippen LogP contribution in [0.4, 0.5) is 0 Å². The van der Waals surface area contributed by atoms with E-state index in [0.29, 0.717) is 58.1 Å². The van der Waals surface area contributed by atoms with E-state index in [1.54, 1.807) is 143 Å². The van der Waals surface area contributed by atoms with Gasteiger partial charge in [0.2, 0.25) is 0 Å². The monoisotopic (exact) mass is 1400 g/mol. The van der Waals surface area contributed by atoms with Gasteiger partial charge in [0.1, 0.15) is 39.4 Å². The van der Waals surface area contributed by atoms with Gasteiger partial charge in [-0.1, -0.05) is 13.8 Å². The van der Waals surface area contributed by atoms with Gasteiger partial charge in [-0.25, -0.2) is 15.0 Å². The number of ether oxygens (including phenoxy) is 6. The lowest BCUT2D eigenvalue weighted by Crippen LogP contribution is -2.50. The Hall–Kier alpha value is -9.21. The number of aromatic amines is 2. The van der Waals surface area contributed by atoms with E-state index in [0.717, 1.165) is 33.2 Å². The third-order valence-electron chi connectivity index (χ3n) is 16.6. The van der Waals surface area contributed by atoms with Gasteiger partial charge in [-0.2, -0.15) is 0 Å². The molecule has 4 aromatic heterocycles. The molecule has 22 heteroatoms. The minimum absolute atomic E-state index is 0.0808. The first kappa shape index (κ1) is 80.1. The van der Waals surface area contributed by atoms with Crippen molar-refractivity contribution >= 4 is 94.0 Å². The molecular formula is C80H108N8O14. The first-order valence-electron chi connectivity index (χ1n) is 35.5. The van der Waals surface area contributed by atoms with Crippen LogP contribution >= 0.6 is 0 Å². The number of imidazole rings is 1. The van der Waals surface area contributed by atoms with Crippen LogP contribution in [0, 0.1) is 0 Å². The number of carbonyl (C=O) groups is 8. The van der Waals surface area contributed by atoms with Crippen molar-refractivity contribution in [3.63, 3.8) is 0 Å². The summed E-state index contributed by atoms with van der Waals surface area (Å²) in [5.41, 5.74) is 0.0625. The highest BCUT2D eigenvalue weighted by Crippen LogP contribution is 2.38. The Labute approximate surface area is 600 Å². The molecule has 7 rings (SSSR count). The van der Waals surface area contributed by atoms with Crippen molar-refractivity contribution < 1.29 is 66.8 Å². The van der Waals surface area contributed by atoms with Gasteiger partial charge in [0.05, 0.1) is 33.9 Å². The van der Waals surface area contributed by atoms with E-state index < -0.39 is 92.3 Å². The Bertz CT molecular complexity index is 3900. The van der Waals surface area contributed by atoms with E-state index in [-0.39, 0.29) is 88.2 Å². The topological polar surface area (TPSA) is 291 Å². The minimum Gasteiger partial charge on any atom is -0.460 e. The Morgan fingerprint density at radius 3 is 0.971 bits per heavy atom. The normalized spacial score (nSPS) is 13.0. The van der Waals surface area contributed by atoms with E-state index >= 15 is 9.59 Å². The van der Waals surface area contributed by atoms with Gasteiger partial charge in [-0.15, -0.1) is 0 Å². The maximum Gasteiger partial charge on any atom is 0.306 e. The number of benzene rings is 1. The van der Waals surface area contributed by atoms with Crippen molar-refractivity contribution in [1.82, 2.24) is 40.1 Å². The van der Waals surface area contributed by atoms with Crippen LogP contribution in [0.15, 0.2) is 54.9 Å². The van der Waals surface area contributed by atoms with Gasteiger partial charge in [0.15, 0.2) is 0 Å². The molecule has 8 bridgehead atoms. The third kappa shape index (κ3) is 23.4. The van der Waals surface area contributed by atoms with Crippen LogP contribution in [-0.2, 0) is 77.1 Å². The summed E-state index contributed by atoms with van der Waals surface area (Å²) in [4.78, 5) is 138. The fourth-order valence-electron chi connectivity index (χ4n) is 12.4. The summed E-state index contributed by atoms with van der Waals surface area (Å²) in [5.74, 6) is -4.41. The summed E-state index contributed by atoms with van der Waals surface area (Å²) in [5, 5.41) is 6.44. The lowest BCUT2D eigenvalue weighted by atomic mass is 9.82. The lowest BCUT2D eigenvalue weighted by molar-refractivity contribution is -0.158. The minimum atomic E-state index is -1.53. The van der Waals surface area contributed by atoms with Crippen molar-refractivity contribution in [3.8, 4) is 22.5 Å². The fraction of sp³-hybridized carbons (Fsp3) is 0.537. The SMILES string of the molecule is CCc1c2nc(c(-c3nccn3C)c3ccc([nH]3)c(CC)c3nc(c(-c4cc(C(=O)NC(CCC(=O)OC(C)(C)C)(CCC(=O)OC(C)(C)C)CCC(=O)OC(C)(C)C)cc(C(=O)NC(CCC(=O)OC(C)(C)C)(CCC(=O)OC(C)(C)C)CCC(=O)OC(C)(C)C)c4)c4ccc1[nH]4)C=C3)C=C2. The van der Waals surface area contributed by atoms with E-state index in [4.69, 9.17) is 43.4 Å². The van der Waals surface area contributed by atoms with E-state index in [1.807, 2.05) is 80.2 Å². The third-order valence-corrected chi connectivity index (χ3v) is 16.6. The molecule has 102 heavy (non-hydrogen) atoms.